The van der Waals surface area contributed by atoms with Gasteiger partial charge in [0.25, 0.3) is 5.56 Å². The summed E-state index contributed by atoms with van der Waals surface area (Å²) in [5, 5.41) is 8.17. The molecular weight excluding hydrogens is 424 g/mol. The van der Waals surface area contributed by atoms with E-state index in [4.69, 9.17) is 4.42 Å². The van der Waals surface area contributed by atoms with Crippen molar-refractivity contribution in [3.8, 4) is 11.5 Å². The molecule has 0 radical (unpaired) electrons. The number of carbonyl (C=O) groups excluding carboxylic acids is 1. The van der Waals surface area contributed by atoms with E-state index < -0.39 is 0 Å². The second-order valence-electron chi connectivity index (χ2n) is 6.25. The lowest BCUT2D eigenvalue weighted by Gasteiger charge is -2.09. The van der Waals surface area contributed by atoms with E-state index >= 15 is 0 Å². The lowest BCUT2D eigenvalue weighted by molar-refractivity contribution is -0.121. The molecule has 3 heterocycles. The van der Waals surface area contributed by atoms with Crippen LogP contribution in [0.1, 0.15) is 0 Å². The number of aromatic nitrogens is 3. The largest absolute Gasteiger partial charge is 0.463 e. The fourth-order valence-electron chi connectivity index (χ4n) is 2.99. The van der Waals surface area contributed by atoms with Crippen molar-refractivity contribution >= 4 is 32.7 Å². The standard InChI is InChI=1S/C20H17BrN4O3/c21-15-3-5-17-14(12-15)7-9-24(17)10-8-22-19(26)13-25-20(27)6-4-16(23-25)18-2-1-11-28-18/h1-7,9,11-12H,8,10,13H2,(H,22,26). The fourth-order valence-corrected chi connectivity index (χ4v) is 3.37. The number of halogens is 1. The highest BCUT2D eigenvalue weighted by Gasteiger charge is 2.09. The van der Waals surface area contributed by atoms with Gasteiger partial charge in [-0.25, -0.2) is 4.68 Å². The third kappa shape index (κ3) is 3.91. The topological polar surface area (TPSA) is 82.1 Å². The molecule has 1 aromatic carbocycles. The van der Waals surface area contributed by atoms with Crippen molar-refractivity contribution in [1.29, 1.82) is 0 Å². The van der Waals surface area contributed by atoms with E-state index in [-0.39, 0.29) is 18.0 Å². The van der Waals surface area contributed by atoms with Crippen LogP contribution in [0.15, 0.2) is 74.7 Å². The van der Waals surface area contributed by atoms with Gasteiger partial charge >= 0.3 is 0 Å². The Kier molecular flexibility index (Phi) is 5.12. The van der Waals surface area contributed by atoms with Crippen molar-refractivity contribution in [2.45, 2.75) is 13.1 Å². The van der Waals surface area contributed by atoms with Gasteiger partial charge in [0.2, 0.25) is 5.91 Å². The number of hydrogen-bond donors (Lipinski definition) is 1. The van der Waals surface area contributed by atoms with Crippen molar-refractivity contribution in [2.75, 3.05) is 6.54 Å². The number of fused-ring (bicyclic) bond motifs is 1. The van der Waals surface area contributed by atoms with Gasteiger partial charge in [0.1, 0.15) is 12.2 Å². The summed E-state index contributed by atoms with van der Waals surface area (Å²) in [4.78, 5) is 24.2. The fraction of sp³-hybridized carbons (Fsp3) is 0.150. The van der Waals surface area contributed by atoms with Crippen molar-refractivity contribution in [3.63, 3.8) is 0 Å². The van der Waals surface area contributed by atoms with Crippen molar-refractivity contribution in [2.24, 2.45) is 0 Å². The van der Waals surface area contributed by atoms with Gasteiger partial charge in [0.15, 0.2) is 5.76 Å². The monoisotopic (exact) mass is 440 g/mol. The Morgan fingerprint density at radius 2 is 2.07 bits per heavy atom. The van der Waals surface area contributed by atoms with Crippen molar-refractivity contribution in [3.05, 3.63) is 75.8 Å². The third-order valence-electron chi connectivity index (χ3n) is 4.34. The SMILES string of the molecule is O=C(Cn1nc(-c2ccco2)ccc1=O)NCCn1ccc2cc(Br)ccc21. The minimum atomic E-state index is -0.340. The quantitative estimate of drug-likeness (QED) is 0.499. The van der Waals surface area contributed by atoms with E-state index in [1.165, 1.54) is 12.3 Å². The average molecular weight is 441 g/mol. The van der Waals surface area contributed by atoms with Gasteiger partial charge in [0.05, 0.1) is 6.26 Å². The van der Waals surface area contributed by atoms with Crippen LogP contribution in [0.4, 0.5) is 0 Å². The molecule has 3 aromatic heterocycles. The van der Waals surface area contributed by atoms with Gasteiger partial charge in [-0.2, -0.15) is 5.10 Å². The molecular formula is C20H17BrN4O3. The second-order valence-corrected chi connectivity index (χ2v) is 7.17. The predicted molar refractivity (Wildman–Crippen MR) is 109 cm³/mol. The van der Waals surface area contributed by atoms with E-state index in [0.29, 0.717) is 24.5 Å². The Hall–Kier alpha value is -3.13. The number of hydrogen-bond acceptors (Lipinski definition) is 4. The summed E-state index contributed by atoms with van der Waals surface area (Å²) in [5.74, 6) is 0.269. The summed E-state index contributed by atoms with van der Waals surface area (Å²) in [5.41, 5.74) is 1.26. The maximum Gasteiger partial charge on any atom is 0.267 e. The molecule has 142 valence electrons. The summed E-state index contributed by atoms with van der Waals surface area (Å²) in [6.07, 6.45) is 3.52. The summed E-state index contributed by atoms with van der Waals surface area (Å²) in [7, 11) is 0. The summed E-state index contributed by atoms with van der Waals surface area (Å²) >= 11 is 3.46. The molecule has 0 aliphatic rings. The average Bonchev–Trinajstić information content (AvgIpc) is 3.34. The molecule has 0 saturated heterocycles. The number of amides is 1. The van der Waals surface area contributed by atoms with Crippen LogP contribution in [-0.4, -0.2) is 26.8 Å². The highest BCUT2D eigenvalue weighted by atomic mass is 79.9. The van der Waals surface area contributed by atoms with Crippen molar-refractivity contribution < 1.29 is 9.21 Å². The van der Waals surface area contributed by atoms with Crippen molar-refractivity contribution in [1.82, 2.24) is 19.7 Å². The number of benzene rings is 1. The molecule has 1 amide bonds. The Bertz CT molecular complexity index is 1180. The minimum Gasteiger partial charge on any atom is -0.463 e. The van der Waals surface area contributed by atoms with Crippen LogP contribution >= 0.6 is 15.9 Å². The molecule has 8 heteroatoms. The Morgan fingerprint density at radius 1 is 1.18 bits per heavy atom. The molecule has 28 heavy (non-hydrogen) atoms. The first-order chi connectivity index (χ1) is 13.6. The number of carbonyl (C=O) groups is 1. The molecule has 0 saturated carbocycles. The van der Waals surface area contributed by atoms with Crippen LogP contribution in [0.2, 0.25) is 0 Å². The number of nitrogens with one attached hydrogen (secondary N) is 1. The Morgan fingerprint density at radius 3 is 2.89 bits per heavy atom. The molecule has 4 aromatic rings. The molecule has 1 N–H and O–H groups in total. The van der Waals surface area contributed by atoms with Crippen LogP contribution in [0.5, 0.6) is 0 Å². The van der Waals surface area contributed by atoms with Gasteiger partial charge in [-0.1, -0.05) is 15.9 Å². The van der Waals surface area contributed by atoms with Crippen LogP contribution in [0, 0.1) is 0 Å². The zero-order valence-corrected chi connectivity index (χ0v) is 16.4. The second kappa shape index (κ2) is 7.85. The Balaban J connectivity index is 1.38. The molecule has 0 fully saturated rings. The van der Waals surface area contributed by atoms with Crippen LogP contribution in [0.25, 0.3) is 22.4 Å². The molecule has 7 nitrogen and oxygen atoms in total. The normalized spacial score (nSPS) is 11.0. The lowest BCUT2D eigenvalue weighted by Crippen LogP contribution is -2.35. The molecule has 4 rings (SSSR count). The lowest BCUT2D eigenvalue weighted by atomic mass is 10.2. The summed E-state index contributed by atoms with van der Waals surface area (Å²) in [6.45, 7) is 0.934. The highest BCUT2D eigenvalue weighted by molar-refractivity contribution is 9.10. The molecule has 0 aliphatic carbocycles. The zero-order chi connectivity index (χ0) is 19.5. The predicted octanol–water partition coefficient (Wildman–Crippen LogP) is 3.04. The first-order valence-electron chi connectivity index (χ1n) is 8.73. The maximum absolute atomic E-state index is 12.2. The smallest absolute Gasteiger partial charge is 0.267 e. The zero-order valence-electron chi connectivity index (χ0n) is 14.8. The Labute approximate surface area is 168 Å². The first kappa shape index (κ1) is 18.2. The maximum atomic E-state index is 12.2. The van der Waals surface area contributed by atoms with Crippen LogP contribution in [-0.2, 0) is 17.9 Å². The van der Waals surface area contributed by atoms with Crippen LogP contribution in [0.3, 0.4) is 0 Å². The number of nitrogens with zero attached hydrogens (tertiary/aromatic N) is 3. The molecule has 0 unspecified atom stereocenters. The van der Waals surface area contributed by atoms with E-state index in [2.05, 4.69) is 37.0 Å². The number of rotatable bonds is 6. The van der Waals surface area contributed by atoms with Crippen LogP contribution < -0.4 is 10.9 Å². The summed E-state index contributed by atoms with van der Waals surface area (Å²) in [6, 6.07) is 14.5. The van der Waals surface area contributed by atoms with E-state index in [9.17, 15) is 9.59 Å². The number of furan rings is 1. The van der Waals surface area contributed by atoms with E-state index in [0.717, 1.165) is 20.1 Å². The highest BCUT2D eigenvalue weighted by Crippen LogP contribution is 2.20. The molecule has 0 spiro atoms. The van der Waals surface area contributed by atoms with E-state index in [1.54, 1.807) is 18.2 Å². The van der Waals surface area contributed by atoms with Gasteiger partial charge in [0, 0.05) is 40.7 Å². The molecule has 0 bridgehead atoms. The minimum absolute atomic E-state index is 0.146. The first-order valence-corrected chi connectivity index (χ1v) is 9.52. The molecule has 0 atom stereocenters. The third-order valence-corrected chi connectivity index (χ3v) is 4.83. The molecule has 0 aliphatic heterocycles. The van der Waals surface area contributed by atoms with Gasteiger partial charge in [-0.15, -0.1) is 0 Å². The van der Waals surface area contributed by atoms with Gasteiger partial charge in [-0.3, -0.25) is 9.59 Å². The van der Waals surface area contributed by atoms with Gasteiger partial charge in [-0.05, 0) is 42.5 Å². The van der Waals surface area contributed by atoms with Gasteiger partial charge < -0.3 is 14.3 Å². The van der Waals surface area contributed by atoms with E-state index in [1.807, 2.05) is 24.4 Å². The summed E-state index contributed by atoms with van der Waals surface area (Å²) < 4.78 is 9.52.